The van der Waals surface area contributed by atoms with Gasteiger partial charge in [0.15, 0.2) is 0 Å². The average Bonchev–Trinajstić information content (AvgIpc) is 3.32. The van der Waals surface area contributed by atoms with Crippen molar-refractivity contribution in [2.24, 2.45) is 0 Å². The molecule has 0 amide bonds. The summed E-state index contributed by atoms with van der Waals surface area (Å²) in [7, 11) is 0. The maximum atomic E-state index is 11.8. The largest absolute Gasteiger partial charge is 0.493 e. The van der Waals surface area contributed by atoms with Crippen molar-refractivity contribution in [1.82, 2.24) is 4.98 Å². The van der Waals surface area contributed by atoms with Gasteiger partial charge in [-0.15, -0.1) is 0 Å². The zero-order chi connectivity index (χ0) is 20.2. The first-order chi connectivity index (χ1) is 14.1. The second kappa shape index (κ2) is 8.22. The number of furan rings is 1. The van der Waals surface area contributed by atoms with E-state index in [1.807, 2.05) is 49.4 Å². The Labute approximate surface area is 168 Å². The van der Waals surface area contributed by atoms with E-state index in [1.165, 1.54) is 0 Å². The normalized spacial score (nSPS) is 11.0. The fourth-order valence-electron chi connectivity index (χ4n) is 3.03. The highest BCUT2D eigenvalue weighted by Crippen LogP contribution is 2.25. The van der Waals surface area contributed by atoms with E-state index in [0.29, 0.717) is 36.9 Å². The van der Waals surface area contributed by atoms with Crippen LogP contribution < -0.4 is 4.74 Å². The van der Waals surface area contributed by atoms with Gasteiger partial charge in [-0.3, -0.25) is 0 Å². The quantitative estimate of drug-likeness (QED) is 0.403. The van der Waals surface area contributed by atoms with Gasteiger partial charge >= 0.3 is 5.97 Å². The molecular weight excluding hydrogens is 370 g/mol. The van der Waals surface area contributed by atoms with Gasteiger partial charge in [0.05, 0.1) is 18.9 Å². The van der Waals surface area contributed by atoms with Gasteiger partial charge in [-0.05, 0) is 44.2 Å². The van der Waals surface area contributed by atoms with E-state index in [-0.39, 0.29) is 5.76 Å². The number of nitrogens with zero attached hydrogens (tertiary/aromatic N) is 1. The van der Waals surface area contributed by atoms with Gasteiger partial charge in [0.25, 0.3) is 0 Å². The van der Waals surface area contributed by atoms with Gasteiger partial charge < -0.3 is 18.3 Å². The molecule has 0 aliphatic rings. The molecule has 29 heavy (non-hydrogen) atoms. The number of carbonyl (C=O) groups is 1. The first-order valence-electron chi connectivity index (χ1n) is 9.49. The molecule has 6 heteroatoms. The molecule has 0 N–H and O–H groups in total. The van der Waals surface area contributed by atoms with Crippen molar-refractivity contribution in [3.05, 3.63) is 71.8 Å². The Kier molecular flexibility index (Phi) is 5.33. The van der Waals surface area contributed by atoms with Crippen molar-refractivity contribution in [3.63, 3.8) is 0 Å². The minimum Gasteiger partial charge on any atom is -0.493 e. The first-order valence-corrected chi connectivity index (χ1v) is 9.49. The van der Waals surface area contributed by atoms with Crippen LogP contribution in [0, 0.1) is 6.92 Å². The monoisotopic (exact) mass is 391 g/mol. The van der Waals surface area contributed by atoms with Crippen molar-refractivity contribution in [2.75, 3.05) is 13.2 Å². The Balaban J connectivity index is 1.41. The number of fused-ring (bicyclic) bond motifs is 1. The molecule has 0 saturated heterocycles. The van der Waals surface area contributed by atoms with Crippen LogP contribution in [0.5, 0.6) is 5.75 Å². The number of hydrogen-bond acceptors (Lipinski definition) is 6. The number of benzene rings is 2. The van der Waals surface area contributed by atoms with Crippen LogP contribution in [0.15, 0.2) is 63.4 Å². The summed E-state index contributed by atoms with van der Waals surface area (Å²) < 4.78 is 22.2. The number of aromatic nitrogens is 1. The minimum atomic E-state index is -0.470. The number of aryl methyl sites for hydroxylation is 1. The maximum absolute atomic E-state index is 11.8. The summed E-state index contributed by atoms with van der Waals surface area (Å²) in [5.41, 5.74) is 2.39. The SMILES string of the molecule is CCOC(=O)c1cc2ccc(OCCc3nc(-c4ccccc4)oc3C)cc2o1. The van der Waals surface area contributed by atoms with Crippen LogP contribution in [0.25, 0.3) is 22.4 Å². The summed E-state index contributed by atoms with van der Waals surface area (Å²) in [6, 6.07) is 16.9. The number of ether oxygens (including phenoxy) is 2. The zero-order valence-corrected chi connectivity index (χ0v) is 16.3. The second-order valence-corrected chi connectivity index (χ2v) is 6.52. The molecule has 2 heterocycles. The lowest BCUT2D eigenvalue weighted by molar-refractivity contribution is 0.0492. The van der Waals surface area contributed by atoms with E-state index in [1.54, 1.807) is 19.1 Å². The van der Waals surface area contributed by atoms with Gasteiger partial charge in [0.1, 0.15) is 17.1 Å². The number of rotatable bonds is 7. The van der Waals surface area contributed by atoms with E-state index in [9.17, 15) is 4.79 Å². The zero-order valence-electron chi connectivity index (χ0n) is 16.3. The lowest BCUT2D eigenvalue weighted by Gasteiger charge is -2.04. The van der Waals surface area contributed by atoms with E-state index < -0.39 is 5.97 Å². The number of hydrogen-bond donors (Lipinski definition) is 0. The van der Waals surface area contributed by atoms with Gasteiger partial charge in [0.2, 0.25) is 11.7 Å². The third-order valence-corrected chi connectivity index (χ3v) is 4.49. The first kappa shape index (κ1) is 18.8. The molecule has 0 radical (unpaired) electrons. The van der Waals surface area contributed by atoms with Crippen molar-refractivity contribution in [1.29, 1.82) is 0 Å². The topological polar surface area (TPSA) is 74.7 Å². The van der Waals surface area contributed by atoms with Crippen LogP contribution >= 0.6 is 0 Å². The van der Waals surface area contributed by atoms with Gasteiger partial charge in [-0.1, -0.05) is 18.2 Å². The van der Waals surface area contributed by atoms with E-state index in [0.717, 1.165) is 22.4 Å². The molecule has 0 bridgehead atoms. The summed E-state index contributed by atoms with van der Waals surface area (Å²) in [5.74, 6) is 1.77. The molecule has 6 nitrogen and oxygen atoms in total. The molecule has 0 unspecified atom stereocenters. The predicted octanol–water partition coefficient (Wildman–Crippen LogP) is 5.19. The Morgan fingerprint density at radius 2 is 1.90 bits per heavy atom. The molecule has 0 atom stereocenters. The third kappa shape index (κ3) is 4.16. The Morgan fingerprint density at radius 3 is 2.69 bits per heavy atom. The number of carbonyl (C=O) groups excluding carboxylic acids is 1. The number of esters is 1. The summed E-state index contributed by atoms with van der Waals surface area (Å²) in [6.07, 6.45) is 0.617. The molecule has 148 valence electrons. The molecular formula is C23H21NO5. The van der Waals surface area contributed by atoms with E-state index in [2.05, 4.69) is 4.98 Å². The van der Waals surface area contributed by atoms with Crippen molar-refractivity contribution in [2.45, 2.75) is 20.3 Å². The highest BCUT2D eigenvalue weighted by Gasteiger charge is 2.14. The van der Waals surface area contributed by atoms with Crippen LogP contribution in [0.4, 0.5) is 0 Å². The molecule has 2 aromatic carbocycles. The molecule has 0 fully saturated rings. The number of oxazole rings is 1. The van der Waals surface area contributed by atoms with E-state index >= 15 is 0 Å². The smallest absolute Gasteiger partial charge is 0.374 e. The molecule has 4 aromatic rings. The van der Waals surface area contributed by atoms with Gasteiger partial charge in [0, 0.05) is 23.4 Å². The molecule has 0 aliphatic heterocycles. The summed E-state index contributed by atoms with van der Waals surface area (Å²) in [4.78, 5) is 16.4. The average molecular weight is 391 g/mol. The van der Waals surface area contributed by atoms with Gasteiger partial charge in [-0.2, -0.15) is 0 Å². The van der Waals surface area contributed by atoms with Crippen molar-refractivity contribution < 1.29 is 23.1 Å². The highest BCUT2D eigenvalue weighted by molar-refractivity contribution is 5.92. The maximum Gasteiger partial charge on any atom is 0.374 e. The Morgan fingerprint density at radius 1 is 1.07 bits per heavy atom. The third-order valence-electron chi connectivity index (χ3n) is 4.49. The van der Waals surface area contributed by atoms with Crippen LogP contribution in [0.1, 0.15) is 28.9 Å². The highest BCUT2D eigenvalue weighted by atomic mass is 16.5. The van der Waals surface area contributed by atoms with Crippen molar-refractivity contribution >= 4 is 16.9 Å². The molecule has 2 aromatic heterocycles. The molecule has 4 rings (SSSR count). The second-order valence-electron chi connectivity index (χ2n) is 6.52. The lowest BCUT2D eigenvalue weighted by Crippen LogP contribution is -2.02. The molecule has 0 spiro atoms. The summed E-state index contributed by atoms with van der Waals surface area (Å²) in [5, 5.41) is 0.820. The molecule has 0 aliphatic carbocycles. The fraction of sp³-hybridized carbons (Fsp3) is 0.217. The van der Waals surface area contributed by atoms with Crippen molar-refractivity contribution in [3.8, 4) is 17.2 Å². The van der Waals surface area contributed by atoms with E-state index in [4.69, 9.17) is 18.3 Å². The lowest BCUT2D eigenvalue weighted by atomic mass is 10.2. The van der Waals surface area contributed by atoms with Gasteiger partial charge in [-0.25, -0.2) is 9.78 Å². The predicted molar refractivity (Wildman–Crippen MR) is 108 cm³/mol. The summed E-state index contributed by atoms with van der Waals surface area (Å²) >= 11 is 0. The Hall–Kier alpha value is -3.54. The van der Waals surface area contributed by atoms with Crippen LogP contribution in [-0.4, -0.2) is 24.2 Å². The Bertz CT molecular complexity index is 1130. The fourth-order valence-corrected chi connectivity index (χ4v) is 3.03. The van der Waals surface area contributed by atoms with Crippen LogP contribution in [0.3, 0.4) is 0 Å². The summed E-state index contributed by atoms with van der Waals surface area (Å²) in [6.45, 7) is 4.41. The van der Waals surface area contributed by atoms with Crippen LogP contribution in [-0.2, 0) is 11.2 Å². The van der Waals surface area contributed by atoms with Crippen LogP contribution in [0.2, 0.25) is 0 Å². The standard InChI is InChI=1S/C23H21NO5/c1-3-26-23(25)21-13-17-9-10-18(14-20(17)29-21)27-12-11-19-15(2)28-22(24-19)16-7-5-4-6-8-16/h4-10,13-14H,3,11-12H2,1-2H3. The minimum absolute atomic E-state index is 0.186. The molecule has 0 saturated carbocycles.